The van der Waals surface area contributed by atoms with Gasteiger partial charge in [0, 0.05) is 24.8 Å². The van der Waals surface area contributed by atoms with E-state index in [1.54, 1.807) is 38.5 Å². The molecule has 1 amide bonds. The van der Waals surface area contributed by atoms with Crippen LogP contribution in [0.1, 0.15) is 30.3 Å². The summed E-state index contributed by atoms with van der Waals surface area (Å²) in [6.07, 6.45) is 2.40. The molecular formula is C19H24N4O3. The Labute approximate surface area is 153 Å². The van der Waals surface area contributed by atoms with Gasteiger partial charge >= 0.3 is 0 Å². The van der Waals surface area contributed by atoms with Gasteiger partial charge in [-0.2, -0.15) is 0 Å². The molecule has 1 N–H and O–H groups in total. The average molecular weight is 356 g/mol. The van der Waals surface area contributed by atoms with Crippen molar-refractivity contribution in [2.45, 2.75) is 19.8 Å². The lowest BCUT2D eigenvalue weighted by atomic mass is 10.0. The highest BCUT2D eigenvalue weighted by molar-refractivity contribution is 6.02. The van der Waals surface area contributed by atoms with Crippen LogP contribution >= 0.6 is 0 Å². The van der Waals surface area contributed by atoms with E-state index in [1.165, 1.54) is 6.42 Å². The van der Waals surface area contributed by atoms with Gasteiger partial charge in [-0.1, -0.05) is 6.92 Å². The third-order valence-electron chi connectivity index (χ3n) is 4.51. The number of nitrogens with one attached hydrogen (secondary N) is 1. The summed E-state index contributed by atoms with van der Waals surface area (Å²) in [5.74, 6) is 2.30. The van der Waals surface area contributed by atoms with Crippen molar-refractivity contribution in [2.24, 2.45) is 5.92 Å². The smallest absolute Gasteiger partial charge is 0.276 e. The molecule has 0 radical (unpaired) electrons. The summed E-state index contributed by atoms with van der Waals surface area (Å²) in [5.41, 5.74) is 0.872. The van der Waals surface area contributed by atoms with Crippen LogP contribution in [0.25, 0.3) is 0 Å². The summed E-state index contributed by atoms with van der Waals surface area (Å²) in [6, 6.07) is 8.75. The first-order chi connectivity index (χ1) is 12.6. The lowest BCUT2D eigenvalue weighted by Gasteiger charge is -2.31. The number of ether oxygens (including phenoxy) is 2. The Hall–Kier alpha value is -2.83. The van der Waals surface area contributed by atoms with E-state index in [0.717, 1.165) is 25.3 Å². The number of hydrogen-bond donors (Lipinski definition) is 1. The van der Waals surface area contributed by atoms with Crippen molar-refractivity contribution < 1.29 is 14.3 Å². The van der Waals surface area contributed by atoms with Crippen LogP contribution < -0.4 is 19.7 Å². The Balaban J connectivity index is 1.68. The van der Waals surface area contributed by atoms with Crippen LogP contribution in [-0.2, 0) is 0 Å². The molecule has 0 saturated carbocycles. The number of piperidine rings is 1. The molecule has 3 rings (SSSR count). The molecule has 1 saturated heterocycles. The lowest BCUT2D eigenvalue weighted by molar-refractivity contribution is 0.102. The van der Waals surface area contributed by atoms with E-state index in [2.05, 4.69) is 27.3 Å². The molecular weight excluding hydrogens is 332 g/mol. The fourth-order valence-electron chi connectivity index (χ4n) is 3.12. The molecule has 0 bridgehead atoms. The second-order valence-corrected chi connectivity index (χ2v) is 6.49. The van der Waals surface area contributed by atoms with E-state index in [1.807, 2.05) is 6.07 Å². The van der Waals surface area contributed by atoms with Gasteiger partial charge in [-0.05, 0) is 43.0 Å². The molecule has 1 atom stereocenters. The van der Waals surface area contributed by atoms with E-state index < -0.39 is 0 Å². The summed E-state index contributed by atoms with van der Waals surface area (Å²) >= 11 is 0. The number of nitrogens with zero attached hydrogens (tertiary/aromatic N) is 3. The number of rotatable bonds is 5. The van der Waals surface area contributed by atoms with Crippen LogP contribution in [0.2, 0.25) is 0 Å². The molecule has 1 aliphatic rings. The van der Waals surface area contributed by atoms with Gasteiger partial charge in [0.05, 0.1) is 14.2 Å². The first-order valence-corrected chi connectivity index (χ1v) is 8.72. The minimum atomic E-state index is -0.316. The highest BCUT2D eigenvalue weighted by Gasteiger charge is 2.18. The van der Waals surface area contributed by atoms with E-state index in [-0.39, 0.29) is 11.6 Å². The van der Waals surface area contributed by atoms with Gasteiger partial charge in [-0.15, -0.1) is 10.2 Å². The second-order valence-electron chi connectivity index (χ2n) is 6.49. The highest BCUT2D eigenvalue weighted by atomic mass is 16.5. The minimum Gasteiger partial charge on any atom is -0.493 e. The van der Waals surface area contributed by atoms with Crippen molar-refractivity contribution in [3.8, 4) is 11.5 Å². The van der Waals surface area contributed by atoms with Crippen molar-refractivity contribution in [3.05, 3.63) is 36.0 Å². The molecule has 1 aromatic carbocycles. The third-order valence-corrected chi connectivity index (χ3v) is 4.51. The van der Waals surface area contributed by atoms with Crippen LogP contribution in [0.5, 0.6) is 11.5 Å². The third kappa shape index (κ3) is 4.04. The number of aromatic nitrogens is 2. The summed E-state index contributed by atoms with van der Waals surface area (Å²) < 4.78 is 10.4. The Morgan fingerprint density at radius 3 is 2.62 bits per heavy atom. The number of hydrogen-bond acceptors (Lipinski definition) is 6. The maximum Gasteiger partial charge on any atom is 0.276 e. The number of anilines is 2. The average Bonchev–Trinajstić information content (AvgIpc) is 2.68. The van der Waals surface area contributed by atoms with Crippen LogP contribution in [0.4, 0.5) is 11.5 Å². The topological polar surface area (TPSA) is 76.6 Å². The summed E-state index contributed by atoms with van der Waals surface area (Å²) in [5, 5.41) is 11.1. The molecule has 138 valence electrons. The van der Waals surface area contributed by atoms with Crippen molar-refractivity contribution in [3.63, 3.8) is 0 Å². The second kappa shape index (κ2) is 8.03. The van der Waals surface area contributed by atoms with Gasteiger partial charge in [0.25, 0.3) is 5.91 Å². The van der Waals surface area contributed by atoms with Gasteiger partial charge in [-0.25, -0.2) is 0 Å². The lowest BCUT2D eigenvalue weighted by Crippen LogP contribution is -2.35. The normalized spacial score (nSPS) is 16.9. The molecule has 2 heterocycles. The first kappa shape index (κ1) is 18.0. The van der Waals surface area contributed by atoms with Gasteiger partial charge < -0.3 is 19.7 Å². The predicted octanol–water partition coefficient (Wildman–Crippen LogP) is 2.98. The molecule has 7 nitrogen and oxygen atoms in total. The van der Waals surface area contributed by atoms with Gasteiger partial charge in [0.1, 0.15) is 0 Å². The quantitative estimate of drug-likeness (QED) is 0.887. The number of carbonyl (C=O) groups is 1. The van der Waals surface area contributed by atoms with Crippen LogP contribution in [-0.4, -0.2) is 43.4 Å². The van der Waals surface area contributed by atoms with Crippen LogP contribution in [0.3, 0.4) is 0 Å². The minimum absolute atomic E-state index is 0.272. The molecule has 7 heteroatoms. The van der Waals surface area contributed by atoms with Crippen LogP contribution in [0, 0.1) is 5.92 Å². The largest absolute Gasteiger partial charge is 0.493 e. The van der Waals surface area contributed by atoms with E-state index in [0.29, 0.717) is 23.1 Å². The maximum atomic E-state index is 12.4. The molecule has 1 aromatic heterocycles. The molecule has 0 aliphatic carbocycles. The standard InChI is InChI=1S/C19H24N4O3/c1-13-5-4-10-23(12-13)18-9-7-15(21-22-18)19(24)20-14-6-8-16(25-2)17(11-14)26-3/h6-9,11,13H,4-5,10,12H2,1-3H3,(H,20,24). The van der Waals surface area contributed by atoms with E-state index in [4.69, 9.17) is 9.47 Å². The zero-order valence-electron chi connectivity index (χ0n) is 15.4. The van der Waals surface area contributed by atoms with Crippen molar-refractivity contribution in [1.82, 2.24) is 10.2 Å². The van der Waals surface area contributed by atoms with Gasteiger partial charge in [-0.3, -0.25) is 4.79 Å². The van der Waals surface area contributed by atoms with Crippen molar-refractivity contribution in [2.75, 3.05) is 37.5 Å². The highest BCUT2D eigenvalue weighted by Crippen LogP contribution is 2.30. The Morgan fingerprint density at radius 1 is 1.15 bits per heavy atom. The van der Waals surface area contributed by atoms with Crippen molar-refractivity contribution in [1.29, 1.82) is 0 Å². The first-order valence-electron chi connectivity index (χ1n) is 8.72. The van der Waals surface area contributed by atoms with Crippen LogP contribution in [0.15, 0.2) is 30.3 Å². The Bertz CT molecular complexity index is 764. The number of amides is 1. The monoisotopic (exact) mass is 356 g/mol. The number of carbonyl (C=O) groups excluding carboxylic acids is 1. The zero-order chi connectivity index (χ0) is 18.5. The van der Waals surface area contributed by atoms with Gasteiger partial charge in [0.15, 0.2) is 23.0 Å². The molecule has 1 aliphatic heterocycles. The molecule has 1 fully saturated rings. The van der Waals surface area contributed by atoms with E-state index in [9.17, 15) is 4.79 Å². The molecule has 1 unspecified atom stereocenters. The maximum absolute atomic E-state index is 12.4. The summed E-state index contributed by atoms with van der Waals surface area (Å²) in [7, 11) is 3.12. The van der Waals surface area contributed by atoms with E-state index >= 15 is 0 Å². The Morgan fingerprint density at radius 2 is 1.96 bits per heavy atom. The molecule has 0 spiro atoms. The molecule has 2 aromatic rings. The fraction of sp³-hybridized carbons (Fsp3) is 0.421. The summed E-state index contributed by atoms with van der Waals surface area (Å²) in [4.78, 5) is 14.6. The summed E-state index contributed by atoms with van der Waals surface area (Å²) in [6.45, 7) is 4.20. The van der Waals surface area contributed by atoms with Gasteiger partial charge in [0.2, 0.25) is 0 Å². The SMILES string of the molecule is COc1ccc(NC(=O)c2ccc(N3CCCC(C)C3)nn2)cc1OC. The Kier molecular flexibility index (Phi) is 5.55. The number of benzene rings is 1. The number of methoxy groups -OCH3 is 2. The van der Waals surface area contributed by atoms with Crippen molar-refractivity contribution >= 4 is 17.4 Å². The molecule has 26 heavy (non-hydrogen) atoms. The predicted molar refractivity (Wildman–Crippen MR) is 100 cm³/mol. The fourth-order valence-corrected chi connectivity index (χ4v) is 3.12. The zero-order valence-corrected chi connectivity index (χ0v) is 15.4.